The molecule has 1 saturated heterocycles. The Hall–Kier alpha value is -0.690. The Kier molecular flexibility index (Phi) is 3.21. The van der Waals surface area contributed by atoms with E-state index in [1.54, 1.807) is 6.92 Å². The number of hydrogen-bond donors (Lipinski definition) is 0. The highest BCUT2D eigenvalue weighted by Gasteiger charge is 2.24. The molecule has 0 amide bonds. The van der Waals surface area contributed by atoms with Crippen molar-refractivity contribution >= 4 is 10.0 Å². The molecule has 0 atom stereocenters. The van der Waals surface area contributed by atoms with Crippen LogP contribution in [0.3, 0.4) is 0 Å². The molecule has 0 spiro atoms. The summed E-state index contributed by atoms with van der Waals surface area (Å²) in [5.74, 6) is 0.113. The van der Waals surface area contributed by atoms with E-state index >= 15 is 0 Å². The standard InChI is InChI=1S/C6H13N3O3S/c1-2-13(11,12)9-5-3-8(7-10)4-6-9/h2-6H2,1H3. The van der Waals surface area contributed by atoms with Gasteiger partial charge in [0.05, 0.1) is 24.1 Å². The fourth-order valence-corrected chi connectivity index (χ4v) is 2.30. The van der Waals surface area contributed by atoms with Gasteiger partial charge in [-0.15, -0.1) is 4.91 Å². The van der Waals surface area contributed by atoms with Gasteiger partial charge in [-0.05, 0) is 6.92 Å². The highest BCUT2D eigenvalue weighted by atomic mass is 32.2. The fourth-order valence-electron chi connectivity index (χ4n) is 1.22. The van der Waals surface area contributed by atoms with Crippen molar-refractivity contribution in [2.75, 3.05) is 31.9 Å². The third-order valence-electron chi connectivity index (χ3n) is 2.09. The number of sulfonamides is 1. The van der Waals surface area contributed by atoms with Gasteiger partial charge in [0.2, 0.25) is 10.0 Å². The Bertz CT molecular complexity index is 269. The molecule has 0 unspecified atom stereocenters. The Balaban J connectivity index is 2.55. The van der Waals surface area contributed by atoms with Crippen molar-refractivity contribution in [3.8, 4) is 0 Å². The van der Waals surface area contributed by atoms with Gasteiger partial charge in [-0.1, -0.05) is 0 Å². The minimum absolute atomic E-state index is 0.113. The van der Waals surface area contributed by atoms with Crippen molar-refractivity contribution in [1.29, 1.82) is 0 Å². The van der Waals surface area contributed by atoms with Gasteiger partial charge >= 0.3 is 0 Å². The minimum Gasteiger partial charge on any atom is -0.258 e. The van der Waals surface area contributed by atoms with Gasteiger partial charge in [0, 0.05) is 13.1 Å². The van der Waals surface area contributed by atoms with E-state index in [-0.39, 0.29) is 5.75 Å². The van der Waals surface area contributed by atoms with Crippen LogP contribution in [0, 0.1) is 4.91 Å². The molecule has 6 nitrogen and oxygen atoms in total. The number of nitrogens with zero attached hydrogens (tertiary/aromatic N) is 3. The summed E-state index contributed by atoms with van der Waals surface area (Å²) in [6, 6.07) is 0. The zero-order valence-corrected chi connectivity index (χ0v) is 8.33. The lowest BCUT2D eigenvalue weighted by molar-refractivity contribution is 0.193. The molecule has 1 aliphatic rings. The smallest absolute Gasteiger partial charge is 0.213 e. The molecule has 1 fully saturated rings. The van der Waals surface area contributed by atoms with Gasteiger partial charge in [-0.3, -0.25) is 5.01 Å². The number of nitroso groups, excluding NO2 is 1. The van der Waals surface area contributed by atoms with Crippen LogP contribution in [0.5, 0.6) is 0 Å². The molecule has 0 aromatic rings. The predicted octanol–water partition coefficient (Wildman–Crippen LogP) is -0.365. The van der Waals surface area contributed by atoms with E-state index in [0.29, 0.717) is 26.2 Å². The maximum Gasteiger partial charge on any atom is 0.213 e. The normalized spacial score (nSPS) is 20.2. The van der Waals surface area contributed by atoms with E-state index in [4.69, 9.17) is 0 Å². The molecular formula is C6H13N3O3S. The van der Waals surface area contributed by atoms with Crippen molar-refractivity contribution < 1.29 is 8.42 Å². The molecule has 0 bridgehead atoms. The zero-order chi connectivity index (χ0) is 9.90. The second-order valence-corrected chi connectivity index (χ2v) is 5.09. The Morgan fingerprint density at radius 1 is 1.23 bits per heavy atom. The van der Waals surface area contributed by atoms with E-state index in [9.17, 15) is 13.3 Å². The van der Waals surface area contributed by atoms with Gasteiger partial charge in [0.25, 0.3) is 0 Å². The maximum atomic E-state index is 11.3. The van der Waals surface area contributed by atoms with Gasteiger partial charge in [-0.2, -0.15) is 4.31 Å². The SMILES string of the molecule is CCS(=O)(=O)N1CCN(N=O)CC1. The summed E-state index contributed by atoms with van der Waals surface area (Å²) in [4.78, 5) is 10.1. The summed E-state index contributed by atoms with van der Waals surface area (Å²) in [6.07, 6.45) is 0. The van der Waals surface area contributed by atoms with Gasteiger partial charge < -0.3 is 0 Å². The van der Waals surface area contributed by atoms with Gasteiger partial charge in [0.15, 0.2) is 0 Å². The molecule has 0 radical (unpaired) electrons. The predicted molar refractivity (Wildman–Crippen MR) is 48.4 cm³/mol. The van der Waals surface area contributed by atoms with E-state index < -0.39 is 10.0 Å². The Morgan fingerprint density at radius 3 is 2.15 bits per heavy atom. The first-order chi connectivity index (χ1) is 6.10. The lowest BCUT2D eigenvalue weighted by Gasteiger charge is -2.29. The van der Waals surface area contributed by atoms with Crippen LogP contribution in [0.1, 0.15) is 6.92 Å². The van der Waals surface area contributed by atoms with Crippen molar-refractivity contribution in [3.63, 3.8) is 0 Å². The molecule has 0 aliphatic carbocycles. The molecule has 13 heavy (non-hydrogen) atoms. The molecule has 0 aromatic heterocycles. The van der Waals surface area contributed by atoms with Crippen LogP contribution in [0.25, 0.3) is 0 Å². The van der Waals surface area contributed by atoms with Crippen molar-refractivity contribution in [1.82, 2.24) is 9.31 Å². The largest absolute Gasteiger partial charge is 0.258 e. The first-order valence-corrected chi connectivity index (χ1v) is 5.77. The number of hydrogen-bond acceptors (Lipinski definition) is 4. The van der Waals surface area contributed by atoms with E-state index in [1.807, 2.05) is 0 Å². The van der Waals surface area contributed by atoms with Gasteiger partial charge in [-0.25, -0.2) is 8.42 Å². The second-order valence-electron chi connectivity index (χ2n) is 2.83. The number of rotatable bonds is 3. The topological polar surface area (TPSA) is 70.1 Å². The molecule has 0 aromatic carbocycles. The summed E-state index contributed by atoms with van der Waals surface area (Å²) < 4.78 is 24.1. The highest BCUT2D eigenvalue weighted by Crippen LogP contribution is 2.07. The zero-order valence-electron chi connectivity index (χ0n) is 7.51. The molecule has 1 aliphatic heterocycles. The molecule has 0 N–H and O–H groups in total. The number of piperazine rings is 1. The Morgan fingerprint density at radius 2 is 1.77 bits per heavy atom. The molecule has 76 valence electrons. The molecule has 7 heteroatoms. The van der Waals surface area contributed by atoms with Crippen LogP contribution in [0.15, 0.2) is 5.29 Å². The third kappa shape index (κ3) is 2.38. The first-order valence-electron chi connectivity index (χ1n) is 4.16. The summed E-state index contributed by atoms with van der Waals surface area (Å²) in [7, 11) is -3.09. The molecule has 1 rings (SSSR count). The first kappa shape index (κ1) is 10.4. The third-order valence-corrected chi connectivity index (χ3v) is 3.97. The lowest BCUT2D eigenvalue weighted by Crippen LogP contribution is -2.47. The fraction of sp³-hybridized carbons (Fsp3) is 1.00. The lowest BCUT2D eigenvalue weighted by atomic mass is 10.4. The van der Waals surface area contributed by atoms with Crippen LogP contribution in [0.2, 0.25) is 0 Å². The summed E-state index contributed by atoms with van der Waals surface area (Å²) in [6.45, 7) is 3.12. The van der Waals surface area contributed by atoms with Crippen molar-refractivity contribution in [2.24, 2.45) is 5.29 Å². The monoisotopic (exact) mass is 207 g/mol. The average Bonchev–Trinajstić information content (AvgIpc) is 2.18. The van der Waals surface area contributed by atoms with E-state index in [0.717, 1.165) is 0 Å². The van der Waals surface area contributed by atoms with Crippen LogP contribution >= 0.6 is 0 Å². The maximum absolute atomic E-state index is 11.3. The van der Waals surface area contributed by atoms with Crippen LogP contribution in [0.4, 0.5) is 0 Å². The van der Waals surface area contributed by atoms with Crippen LogP contribution in [-0.2, 0) is 10.0 Å². The van der Waals surface area contributed by atoms with E-state index in [1.165, 1.54) is 9.31 Å². The quantitative estimate of drug-likeness (QED) is 0.592. The summed E-state index contributed by atoms with van der Waals surface area (Å²) in [5, 5.41) is 4.09. The highest BCUT2D eigenvalue weighted by molar-refractivity contribution is 7.89. The van der Waals surface area contributed by atoms with Crippen LogP contribution in [-0.4, -0.2) is 49.7 Å². The second kappa shape index (κ2) is 4.01. The van der Waals surface area contributed by atoms with Crippen molar-refractivity contribution in [3.05, 3.63) is 4.91 Å². The van der Waals surface area contributed by atoms with Crippen LogP contribution < -0.4 is 0 Å². The summed E-state index contributed by atoms with van der Waals surface area (Å²) in [5.41, 5.74) is 0. The average molecular weight is 207 g/mol. The molecular weight excluding hydrogens is 194 g/mol. The van der Waals surface area contributed by atoms with Crippen molar-refractivity contribution in [2.45, 2.75) is 6.92 Å². The molecule has 1 heterocycles. The Labute approximate surface area is 77.5 Å². The van der Waals surface area contributed by atoms with Gasteiger partial charge in [0.1, 0.15) is 0 Å². The molecule has 0 saturated carbocycles. The minimum atomic E-state index is -3.09. The summed E-state index contributed by atoms with van der Waals surface area (Å²) >= 11 is 0. The van der Waals surface area contributed by atoms with E-state index in [2.05, 4.69) is 5.29 Å².